The molecule has 2 N–H and O–H groups in total. The number of benzene rings is 2. The van der Waals surface area contributed by atoms with E-state index < -0.39 is 5.97 Å². The van der Waals surface area contributed by atoms with E-state index in [1.807, 2.05) is 37.3 Å². The lowest BCUT2D eigenvalue weighted by Gasteiger charge is -2.17. The first kappa shape index (κ1) is 19.7. The van der Waals surface area contributed by atoms with Crippen molar-refractivity contribution in [2.24, 2.45) is 0 Å². The Morgan fingerprint density at radius 3 is 2.38 bits per heavy atom. The third-order valence-corrected chi connectivity index (χ3v) is 3.97. The largest absolute Gasteiger partial charge is 0.494 e. The monoisotopic (exact) mass is 355 g/mol. The summed E-state index contributed by atoms with van der Waals surface area (Å²) in [5, 5.41) is 12.3. The molecule has 0 bridgehead atoms. The van der Waals surface area contributed by atoms with Crippen LogP contribution < -0.4 is 10.1 Å². The Balaban J connectivity index is 1.88. The van der Waals surface area contributed by atoms with Crippen LogP contribution in [0.2, 0.25) is 0 Å². The summed E-state index contributed by atoms with van der Waals surface area (Å²) < 4.78 is 5.51. The van der Waals surface area contributed by atoms with Crippen LogP contribution in [0.1, 0.15) is 48.1 Å². The molecule has 0 amide bonds. The molecule has 5 nitrogen and oxygen atoms in total. The SMILES string of the molecule is CCCOc1ccc(C(=O)CCN[C@@H](CC(=O)O)c2ccccc2)cc1. The van der Waals surface area contributed by atoms with E-state index >= 15 is 0 Å². The Morgan fingerprint density at radius 2 is 1.77 bits per heavy atom. The van der Waals surface area contributed by atoms with Gasteiger partial charge in [-0.2, -0.15) is 0 Å². The minimum atomic E-state index is -0.875. The molecule has 0 aliphatic heterocycles. The molecule has 138 valence electrons. The Labute approximate surface area is 154 Å². The van der Waals surface area contributed by atoms with E-state index in [1.54, 1.807) is 24.3 Å². The molecular formula is C21H25NO4. The highest BCUT2D eigenvalue weighted by molar-refractivity contribution is 5.96. The third-order valence-electron chi connectivity index (χ3n) is 3.97. The topological polar surface area (TPSA) is 75.6 Å². The average Bonchev–Trinajstić information content (AvgIpc) is 2.66. The number of aliphatic carboxylic acids is 1. The van der Waals surface area contributed by atoms with Gasteiger partial charge in [-0.25, -0.2) is 0 Å². The second-order valence-electron chi connectivity index (χ2n) is 6.06. The van der Waals surface area contributed by atoms with Gasteiger partial charge in [-0.3, -0.25) is 9.59 Å². The lowest BCUT2D eigenvalue weighted by atomic mass is 10.0. The molecule has 2 aromatic rings. The normalized spacial score (nSPS) is 11.7. The number of hydrogen-bond acceptors (Lipinski definition) is 4. The molecule has 0 unspecified atom stereocenters. The number of carboxylic acid groups (broad SMARTS) is 1. The van der Waals surface area contributed by atoms with Crippen molar-refractivity contribution in [1.29, 1.82) is 0 Å². The summed E-state index contributed by atoms with van der Waals surface area (Å²) >= 11 is 0. The molecule has 0 fully saturated rings. The fourth-order valence-corrected chi connectivity index (χ4v) is 2.63. The summed E-state index contributed by atoms with van der Waals surface area (Å²) in [5.41, 5.74) is 1.53. The maximum atomic E-state index is 12.3. The van der Waals surface area contributed by atoms with Crippen molar-refractivity contribution in [2.45, 2.75) is 32.2 Å². The summed E-state index contributed by atoms with van der Waals surface area (Å²) in [6, 6.07) is 16.2. The molecular weight excluding hydrogens is 330 g/mol. The van der Waals surface area contributed by atoms with Crippen LogP contribution in [0.3, 0.4) is 0 Å². The zero-order chi connectivity index (χ0) is 18.8. The predicted octanol–water partition coefficient (Wildman–Crippen LogP) is 3.85. The van der Waals surface area contributed by atoms with Crippen LogP contribution >= 0.6 is 0 Å². The van der Waals surface area contributed by atoms with E-state index in [4.69, 9.17) is 9.84 Å². The average molecular weight is 355 g/mol. The molecule has 0 saturated carbocycles. The maximum Gasteiger partial charge on any atom is 0.305 e. The smallest absolute Gasteiger partial charge is 0.305 e. The van der Waals surface area contributed by atoms with E-state index in [9.17, 15) is 9.59 Å². The summed E-state index contributed by atoms with van der Waals surface area (Å²) in [7, 11) is 0. The van der Waals surface area contributed by atoms with E-state index in [1.165, 1.54) is 0 Å². The van der Waals surface area contributed by atoms with Crippen LogP contribution in [0.15, 0.2) is 54.6 Å². The minimum Gasteiger partial charge on any atom is -0.494 e. The summed E-state index contributed by atoms with van der Waals surface area (Å²) in [5.74, 6) is -0.103. The van der Waals surface area contributed by atoms with Crippen molar-refractivity contribution in [2.75, 3.05) is 13.2 Å². The lowest BCUT2D eigenvalue weighted by Crippen LogP contribution is -2.26. The van der Waals surface area contributed by atoms with E-state index in [0.717, 1.165) is 17.7 Å². The molecule has 0 aromatic heterocycles. The van der Waals surface area contributed by atoms with Gasteiger partial charge in [0.05, 0.1) is 13.0 Å². The predicted molar refractivity (Wildman–Crippen MR) is 101 cm³/mol. The summed E-state index contributed by atoms with van der Waals surface area (Å²) in [4.78, 5) is 23.4. The van der Waals surface area contributed by atoms with Crippen molar-refractivity contribution < 1.29 is 19.4 Å². The number of ether oxygens (including phenoxy) is 1. The second kappa shape index (κ2) is 10.4. The van der Waals surface area contributed by atoms with Gasteiger partial charge in [0.1, 0.15) is 5.75 Å². The highest BCUT2D eigenvalue weighted by Gasteiger charge is 2.15. The number of nitrogens with one attached hydrogen (secondary N) is 1. The lowest BCUT2D eigenvalue weighted by molar-refractivity contribution is -0.137. The van der Waals surface area contributed by atoms with Crippen LogP contribution in [0.5, 0.6) is 5.75 Å². The van der Waals surface area contributed by atoms with Gasteiger partial charge in [-0.05, 0) is 36.2 Å². The van der Waals surface area contributed by atoms with Crippen molar-refractivity contribution in [3.8, 4) is 5.75 Å². The minimum absolute atomic E-state index is 0.0154. The van der Waals surface area contributed by atoms with Gasteiger partial charge >= 0.3 is 5.97 Å². The number of carbonyl (C=O) groups is 2. The first-order chi connectivity index (χ1) is 12.6. The maximum absolute atomic E-state index is 12.3. The van der Waals surface area contributed by atoms with Gasteiger partial charge in [-0.1, -0.05) is 37.3 Å². The van der Waals surface area contributed by atoms with Gasteiger partial charge in [0, 0.05) is 24.6 Å². The Hall–Kier alpha value is -2.66. The van der Waals surface area contributed by atoms with Crippen LogP contribution in [0.25, 0.3) is 0 Å². The van der Waals surface area contributed by atoms with Crippen molar-refractivity contribution >= 4 is 11.8 Å². The van der Waals surface area contributed by atoms with Gasteiger partial charge in [-0.15, -0.1) is 0 Å². The Kier molecular flexibility index (Phi) is 7.83. The van der Waals surface area contributed by atoms with Gasteiger partial charge in [0.25, 0.3) is 0 Å². The Bertz CT molecular complexity index is 698. The van der Waals surface area contributed by atoms with Crippen LogP contribution in [0.4, 0.5) is 0 Å². The van der Waals surface area contributed by atoms with Gasteiger partial charge in [0.15, 0.2) is 5.78 Å². The van der Waals surface area contributed by atoms with Crippen molar-refractivity contribution in [3.63, 3.8) is 0 Å². The number of hydrogen-bond donors (Lipinski definition) is 2. The number of ketones is 1. The Morgan fingerprint density at radius 1 is 1.08 bits per heavy atom. The quantitative estimate of drug-likeness (QED) is 0.599. The van der Waals surface area contributed by atoms with Crippen LogP contribution in [-0.4, -0.2) is 30.0 Å². The molecule has 0 heterocycles. The number of Topliss-reactive ketones (excluding diaryl/α,β-unsaturated/α-hetero) is 1. The number of rotatable bonds is 11. The highest BCUT2D eigenvalue weighted by Crippen LogP contribution is 2.17. The molecule has 0 spiro atoms. The number of carbonyl (C=O) groups excluding carboxylic acids is 1. The summed E-state index contributed by atoms with van der Waals surface area (Å²) in [6.07, 6.45) is 1.21. The molecule has 0 saturated heterocycles. The van der Waals surface area contributed by atoms with Gasteiger partial charge in [0.2, 0.25) is 0 Å². The first-order valence-electron chi connectivity index (χ1n) is 8.86. The third kappa shape index (κ3) is 6.33. The van der Waals surface area contributed by atoms with E-state index in [2.05, 4.69) is 5.32 Å². The van der Waals surface area contributed by atoms with Crippen molar-refractivity contribution in [1.82, 2.24) is 5.32 Å². The second-order valence-corrected chi connectivity index (χ2v) is 6.06. The summed E-state index contributed by atoms with van der Waals surface area (Å²) in [6.45, 7) is 3.11. The van der Waals surface area contributed by atoms with Crippen LogP contribution in [0, 0.1) is 0 Å². The first-order valence-corrected chi connectivity index (χ1v) is 8.86. The highest BCUT2D eigenvalue weighted by atomic mass is 16.5. The van der Waals surface area contributed by atoms with E-state index in [0.29, 0.717) is 25.1 Å². The molecule has 5 heteroatoms. The molecule has 2 rings (SSSR count). The zero-order valence-corrected chi connectivity index (χ0v) is 15.0. The van der Waals surface area contributed by atoms with Crippen molar-refractivity contribution in [3.05, 3.63) is 65.7 Å². The molecule has 1 atom stereocenters. The molecule has 26 heavy (non-hydrogen) atoms. The zero-order valence-electron chi connectivity index (χ0n) is 15.0. The standard InChI is InChI=1S/C21H25NO4/c1-2-14-26-18-10-8-17(9-11-18)20(23)12-13-22-19(15-21(24)25)16-6-4-3-5-7-16/h3-11,19,22H,2,12-15H2,1H3,(H,24,25)/t19-/m0/s1. The molecule has 0 aliphatic carbocycles. The van der Waals surface area contributed by atoms with Crippen LogP contribution in [-0.2, 0) is 4.79 Å². The molecule has 2 aromatic carbocycles. The molecule has 0 radical (unpaired) electrons. The fraction of sp³-hybridized carbons (Fsp3) is 0.333. The van der Waals surface area contributed by atoms with Gasteiger partial charge < -0.3 is 15.2 Å². The van der Waals surface area contributed by atoms with E-state index in [-0.39, 0.29) is 18.2 Å². The number of carboxylic acids is 1. The molecule has 0 aliphatic rings. The fourth-order valence-electron chi connectivity index (χ4n) is 2.63.